The molecule has 1 saturated heterocycles. The molecule has 1 aliphatic rings. The number of amides is 1. The molecule has 2 aromatic heterocycles. The fourth-order valence-corrected chi connectivity index (χ4v) is 3.28. The highest BCUT2D eigenvalue weighted by atomic mass is 16.2. The first-order valence-corrected chi connectivity index (χ1v) is 8.60. The number of nitrogens with one attached hydrogen (secondary N) is 1. The normalized spacial score (nSPS) is 15.3. The van der Waals surface area contributed by atoms with E-state index in [1.54, 1.807) is 35.5 Å². The third-order valence-corrected chi connectivity index (χ3v) is 4.71. The summed E-state index contributed by atoms with van der Waals surface area (Å²) in [4.78, 5) is 33.0. The van der Waals surface area contributed by atoms with Crippen LogP contribution in [0.2, 0.25) is 0 Å². The summed E-state index contributed by atoms with van der Waals surface area (Å²) in [5.74, 6) is -0.138. The first-order chi connectivity index (χ1) is 12.7. The Morgan fingerprint density at radius 2 is 1.69 bits per heavy atom. The Kier molecular flexibility index (Phi) is 4.45. The van der Waals surface area contributed by atoms with Gasteiger partial charge >= 0.3 is 0 Å². The van der Waals surface area contributed by atoms with Gasteiger partial charge in [-0.05, 0) is 23.8 Å². The Morgan fingerprint density at radius 1 is 1.00 bits per heavy atom. The topological polar surface area (TPSA) is 82.2 Å². The number of aromatic nitrogens is 3. The quantitative estimate of drug-likeness (QED) is 0.770. The molecule has 0 aliphatic carbocycles. The molecule has 7 nitrogen and oxygen atoms in total. The van der Waals surface area contributed by atoms with Gasteiger partial charge in [0.2, 0.25) is 0 Å². The summed E-state index contributed by atoms with van der Waals surface area (Å²) in [6, 6.07) is 11.1. The molecule has 1 N–H and O–H groups in total. The minimum absolute atomic E-state index is 0.138. The van der Waals surface area contributed by atoms with Crippen molar-refractivity contribution in [2.75, 3.05) is 26.2 Å². The van der Waals surface area contributed by atoms with Crippen LogP contribution in [0.1, 0.15) is 16.1 Å². The van der Waals surface area contributed by atoms with Gasteiger partial charge in [0.25, 0.3) is 11.5 Å². The maximum Gasteiger partial charge on any atom is 0.275 e. The molecule has 7 heteroatoms. The molecule has 1 fully saturated rings. The van der Waals surface area contributed by atoms with E-state index in [1.165, 1.54) is 5.56 Å². The van der Waals surface area contributed by atoms with E-state index >= 15 is 0 Å². The molecule has 1 amide bonds. The van der Waals surface area contributed by atoms with E-state index in [1.807, 2.05) is 18.2 Å². The average molecular weight is 349 g/mol. The number of hydrogen-bond donors (Lipinski definition) is 1. The van der Waals surface area contributed by atoms with Gasteiger partial charge in [-0.2, -0.15) is 5.10 Å². The van der Waals surface area contributed by atoms with Gasteiger partial charge in [0.05, 0.1) is 5.39 Å². The Morgan fingerprint density at radius 3 is 2.42 bits per heavy atom. The molecular weight excluding hydrogens is 330 g/mol. The molecule has 0 radical (unpaired) electrons. The number of carbonyl (C=O) groups is 1. The Balaban J connectivity index is 1.47. The van der Waals surface area contributed by atoms with Crippen molar-refractivity contribution >= 4 is 16.7 Å². The van der Waals surface area contributed by atoms with Crippen LogP contribution in [0.25, 0.3) is 10.8 Å². The van der Waals surface area contributed by atoms with Crippen molar-refractivity contribution in [2.24, 2.45) is 0 Å². The molecule has 0 unspecified atom stereocenters. The van der Waals surface area contributed by atoms with E-state index in [4.69, 9.17) is 0 Å². The van der Waals surface area contributed by atoms with E-state index in [-0.39, 0.29) is 11.5 Å². The second-order valence-corrected chi connectivity index (χ2v) is 6.37. The van der Waals surface area contributed by atoms with Crippen molar-refractivity contribution in [1.29, 1.82) is 0 Å². The van der Waals surface area contributed by atoms with Gasteiger partial charge in [-0.1, -0.05) is 18.2 Å². The first-order valence-electron chi connectivity index (χ1n) is 8.60. The Labute approximate surface area is 150 Å². The number of fused-ring (bicyclic) bond motifs is 1. The predicted octanol–water partition coefficient (Wildman–Crippen LogP) is 1.28. The number of rotatable bonds is 3. The standard InChI is InChI=1S/C19H19N5O2/c25-18-16-4-2-1-3-15(16)17(21-22-18)19(26)24-11-9-23(10-12-24)13-14-5-7-20-8-6-14/h1-8H,9-13H2,(H,22,25). The third-order valence-electron chi connectivity index (χ3n) is 4.71. The molecule has 26 heavy (non-hydrogen) atoms. The van der Waals surface area contributed by atoms with Crippen LogP contribution in [-0.4, -0.2) is 57.1 Å². The van der Waals surface area contributed by atoms with Crippen molar-refractivity contribution in [3.63, 3.8) is 0 Å². The van der Waals surface area contributed by atoms with Crippen molar-refractivity contribution in [3.8, 4) is 0 Å². The van der Waals surface area contributed by atoms with Crippen LogP contribution < -0.4 is 5.56 Å². The maximum atomic E-state index is 12.9. The largest absolute Gasteiger partial charge is 0.335 e. The van der Waals surface area contributed by atoms with E-state index in [0.29, 0.717) is 29.6 Å². The molecule has 4 rings (SSSR count). The number of hydrogen-bond acceptors (Lipinski definition) is 5. The van der Waals surface area contributed by atoms with Gasteiger partial charge in [-0.15, -0.1) is 0 Å². The molecule has 3 aromatic rings. The van der Waals surface area contributed by atoms with Gasteiger partial charge in [0.1, 0.15) is 0 Å². The fourth-order valence-electron chi connectivity index (χ4n) is 3.28. The van der Waals surface area contributed by atoms with Crippen LogP contribution in [0.5, 0.6) is 0 Å². The molecule has 3 heterocycles. The van der Waals surface area contributed by atoms with Crippen molar-refractivity contribution < 1.29 is 4.79 Å². The number of benzene rings is 1. The molecule has 0 bridgehead atoms. The number of piperazine rings is 1. The summed E-state index contributed by atoms with van der Waals surface area (Å²) in [5, 5.41) is 7.54. The van der Waals surface area contributed by atoms with E-state index in [9.17, 15) is 9.59 Å². The Hall–Kier alpha value is -3.06. The lowest BCUT2D eigenvalue weighted by Crippen LogP contribution is -2.48. The monoisotopic (exact) mass is 349 g/mol. The summed E-state index contributed by atoms with van der Waals surface area (Å²) < 4.78 is 0. The third kappa shape index (κ3) is 3.21. The molecule has 0 atom stereocenters. The summed E-state index contributed by atoms with van der Waals surface area (Å²) in [6.07, 6.45) is 3.59. The predicted molar refractivity (Wildman–Crippen MR) is 97.8 cm³/mol. The van der Waals surface area contributed by atoms with E-state index in [2.05, 4.69) is 20.1 Å². The van der Waals surface area contributed by atoms with Gasteiger partial charge in [0.15, 0.2) is 5.69 Å². The van der Waals surface area contributed by atoms with Crippen LogP contribution in [0.3, 0.4) is 0 Å². The average Bonchev–Trinajstić information content (AvgIpc) is 2.69. The first kappa shape index (κ1) is 16.4. The Bertz CT molecular complexity index is 978. The smallest absolute Gasteiger partial charge is 0.275 e. The van der Waals surface area contributed by atoms with Gasteiger partial charge in [-0.25, -0.2) is 5.10 Å². The molecule has 1 aromatic carbocycles. The number of aromatic amines is 1. The van der Waals surface area contributed by atoms with Crippen LogP contribution in [-0.2, 0) is 6.54 Å². The summed E-state index contributed by atoms with van der Waals surface area (Å²) in [7, 11) is 0. The zero-order valence-electron chi connectivity index (χ0n) is 14.3. The highest BCUT2D eigenvalue weighted by molar-refractivity contribution is 6.04. The summed E-state index contributed by atoms with van der Waals surface area (Å²) in [6.45, 7) is 3.73. The number of carbonyl (C=O) groups excluding carboxylic acids is 1. The highest BCUT2D eigenvalue weighted by Gasteiger charge is 2.25. The number of pyridine rings is 1. The number of nitrogens with zero attached hydrogens (tertiary/aromatic N) is 4. The van der Waals surface area contributed by atoms with Crippen LogP contribution in [0, 0.1) is 0 Å². The zero-order valence-corrected chi connectivity index (χ0v) is 14.3. The van der Waals surface area contributed by atoms with E-state index in [0.717, 1.165) is 19.6 Å². The molecule has 0 spiro atoms. The molecule has 132 valence electrons. The lowest BCUT2D eigenvalue weighted by molar-refractivity contribution is 0.0623. The summed E-state index contributed by atoms with van der Waals surface area (Å²) in [5.41, 5.74) is 1.25. The van der Waals surface area contributed by atoms with Crippen LogP contribution in [0.4, 0.5) is 0 Å². The zero-order chi connectivity index (χ0) is 17.9. The summed E-state index contributed by atoms with van der Waals surface area (Å²) >= 11 is 0. The maximum absolute atomic E-state index is 12.9. The van der Waals surface area contributed by atoms with Crippen molar-refractivity contribution in [3.05, 3.63) is 70.4 Å². The lowest BCUT2D eigenvalue weighted by atomic mass is 10.1. The second kappa shape index (κ2) is 7.05. The van der Waals surface area contributed by atoms with Gasteiger partial charge in [0, 0.05) is 50.5 Å². The second-order valence-electron chi connectivity index (χ2n) is 6.37. The van der Waals surface area contributed by atoms with Crippen molar-refractivity contribution in [2.45, 2.75) is 6.54 Å². The fraction of sp³-hybridized carbons (Fsp3) is 0.263. The van der Waals surface area contributed by atoms with Gasteiger partial charge < -0.3 is 4.90 Å². The van der Waals surface area contributed by atoms with Gasteiger partial charge in [-0.3, -0.25) is 19.5 Å². The lowest BCUT2D eigenvalue weighted by Gasteiger charge is -2.34. The minimum Gasteiger partial charge on any atom is -0.335 e. The highest BCUT2D eigenvalue weighted by Crippen LogP contribution is 2.16. The number of H-pyrrole nitrogens is 1. The molecule has 1 aliphatic heterocycles. The molecule has 0 saturated carbocycles. The molecular formula is C19H19N5O2. The minimum atomic E-state index is -0.278. The SMILES string of the molecule is O=C(c1n[nH]c(=O)c2ccccc12)N1CCN(Cc2ccncc2)CC1. The van der Waals surface area contributed by atoms with Crippen LogP contribution >= 0.6 is 0 Å². The van der Waals surface area contributed by atoms with Crippen LogP contribution in [0.15, 0.2) is 53.6 Å². The van der Waals surface area contributed by atoms with E-state index < -0.39 is 0 Å². The van der Waals surface area contributed by atoms with Crippen molar-refractivity contribution in [1.82, 2.24) is 25.0 Å².